The number of rotatable bonds is 12. The van der Waals surface area contributed by atoms with Crippen LogP contribution < -0.4 is 4.74 Å². The summed E-state index contributed by atoms with van der Waals surface area (Å²) < 4.78 is 6.47. The first kappa shape index (κ1) is 23.8. The van der Waals surface area contributed by atoms with Gasteiger partial charge in [0, 0.05) is 34.6 Å². The lowest BCUT2D eigenvalue weighted by Crippen LogP contribution is -2.40. The van der Waals surface area contributed by atoms with E-state index in [4.69, 9.17) is 21.3 Å². The summed E-state index contributed by atoms with van der Waals surface area (Å²) in [7, 11) is 0. The van der Waals surface area contributed by atoms with E-state index in [9.17, 15) is 0 Å². The minimum absolute atomic E-state index is 0.105. The molecule has 31 heavy (non-hydrogen) atoms. The highest BCUT2D eigenvalue weighted by molar-refractivity contribution is 7.13. The molecule has 0 fully saturated rings. The van der Waals surface area contributed by atoms with Crippen LogP contribution in [-0.2, 0) is 0 Å². The Balaban J connectivity index is 1.75. The van der Waals surface area contributed by atoms with E-state index in [1.165, 1.54) is 25.7 Å². The van der Waals surface area contributed by atoms with Crippen molar-refractivity contribution in [3.05, 3.63) is 58.9 Å². The molecular formula is C26H33ClN2OS. The molecular weight excluding hydrogens is 424 g/mol. The van der Waals surface area contributed by atoms with Crippen LogP contribution in [0.1, 0.15) is 52.9 Å². The Morgan fingerprint density at radius 2 is 1.68 bits per heavy atom. The summed E-state index contributed by atoms with van der Waals surface area (Å²) in [6, 6.07) is 16.1. The van der Waals surface area contributed by atoms with E-state index in [2.05, 4.69) is 55.3 Å². The van der Waals surface area contributed by atoms with Crippen LogP contribution in [0.4, 0.5) is 0 Å². The monoisotopic (exact) mass is 456 g/mol. The molecule has 0 saturated carbocycles. The Hall–Kier alpha value is -1.88. The zero-order valence-electron chi connectivity index (χ0n) is 18.8. The maximum Gasteiger partial charge on any atom is 0.152 e. The summed E-state index contributed by atoms with van der Waals surface area (Å²) in [5.41, 5.74) is 3.14. The molecule has 1 heterocycles. The summed E-state index contributed by atoms with van der Waals surface area (Å²) in [4.78, 5) is 7.35. The number of halogens is 1. The Bertz CT molecular complexity index is 917. The molecule has 166 valence electrons. The SMILES string of the molecule is CCCCN(CCCC)C(CC)Oc1cccc(-c2csc(-c3ccc(Cl)cc3)n2)c1. The van der Waals surface area contributed by atoms with Gasteiger partial charge in [0.25, 0.3) is 0 Å². The number of unbranched alkanes of at least 4 members (excludes halogenated alkanes) is 2. The molecule has 0 aliphatic rings. The number of ether oxygens (including phenoxy) is 1. The molecule has 2 aromatic carbocycles. The lowest BCUT2D eigenvalue weighted by Gasteiger charge is -2.31. The predicted octanol–water partition coefficient (Wildman–Crippen LogP) is 8.15. The molecule has 0 amide bonds. The van der Waals surface area contributed by atoms with Crippen molar-refractivity contribution < 1.29 is 4.74 Å². The minimum Gasteiger partial charge on any atom is -0.475 e. The summed E-state index contributed by atoms with van der Waals surface area (Å²) in [6.07, 6.45) is 5.89. The van der Waals surface area contributed by atoms with Gasteiger partial charge < -0.3 is 4.74 Å². The second kappa shape index (κ2) is 12.2. The number of hydrogen-bond acceptors (Lipinski definition) is 4. The van der Waals surface area contributed by atoms with Crippen molar-refractivity contribution in [3.8, 4) is 27.6 Å². The third-order valence-corrected chi connectivity index (χ3v) is 6.49. The Morgan fingerprint density at radius 3 is 2.32 bits per heavy atom. The van der Waals surface area contributed by atoms with E-state index in [1.807, 2.05) is 24.3 Å². The number of thiazole rings is 1. The van der Waals surface area contributed by atoms with Crippen molar-refractivity contribution in [2.75, 3.05) is 13.1 Å². The van der Waals surface area contributed by atoms with Crippen LogP contribution in [0.15, 0.2) is 53.9 Å². The van der Waals surface area contributed by atoms with Gasteiger partial charge in [-0.05, 0) is 43.5 Å². The van der Waals surface area contributed by atoms with E-state index in [1.54, 1.807) is 11.3 Å². The van der Waals surface area contributed by atoms with Gasteiger partial charge in [0.2, 0.25) is 0 Å². The van der Waals surface area contributed by atoms with Crippen molar-refractivity contribution in [2.24, 2.45) is 0 Å². The Kier molecular flexibility index (Phi) is 9.38. The topological polar surface area (TPSA) is 25.4 Å². The molecule has 1 atom stereocenters. The molecule has 3 rings (SSSR count). The highest BCUT2D eigenvalue weighted by Gasteiger charge is 2.18. The molecule has 0 radical (unpaired) electrons. The van der Waals surface area contributed by atoms with E-state index in [0.29, 0.717) is 0 Å². The second-order valence-electron chi connectivity index (χ2n) is 7.80. The predicted molar refractivity (Wildman–Crippen MR) is 134 cm³/mol. The van der Waals surface area contributed by atoms with Crippen molar-refractivity contribution in [3.63, 3.8) is 0 Å². The molecule has 5 heteroatoms. The molecule has 0 bridgehead atoms. The zero-order valence-corrected chi connectivity index (χ0v) is 20.4. The first-order chi connectivity index (χ1) is 15.1. The lowest BCUT2D eigenvalue weighted by atomic mass is 10.1. The second-order valence-corrected chi connectivity index (χ2v) is 9.09. The molecule has 0 aliphatic carbocycles. The van der Waals surface area contributed by atoms with Crippen LogP contribution in [0.2, 0.25) is 5.02 Å². The Morgan fingerprint density at radius 1 is 0.968 bits per heavy atom. The molecule has 1 aromatic heterocycles. The van der Waals surface area contributed by atoms with Gasteiger partial charge in [0.05, 0.1) is 5.69 Å². The largest absolute Gasteiger partial charge is 0.475 e. The molecule has 3 aromatic rings. The van der Waals surface area contributed by atoms with E-state index >= 15 is 0 Å². The summed E-state index contributed by atoms with van der Waals surface area (Å²) >= 11 is 7.66. The number of aromatic nitrogens is 1. The van der Waals surface area contributed by atoms with Crippen molar-refractivity contribution in [2.45, 2.75) is 59.1 Å². The van der Waals surface area contributed by atoms with Crippen LogP contribution in [0.25, 0.3) is 21.8 Å². The maximum absolute atomic E-state index is 6.47. The van der Waals surface area contributed by atoms with Crippen LogP contribution in [0.3, 0.4) is 0 Å². The molecule has 0 saturated heterocycles. The average Bonchev–Trinajstić information content (AvgIpc) is 3.29. The molecule has 1 unspecified atom stereocenters. The Labute approximate surface area is 196 Å². The first-order valence-corrected chi connectivity index (χ1v) is 12.6. The third kappa shape index (κ3) is 6.80. The first-order valence-electron chi connectivity index (χ1n) is 11.4. The normalized spacial score (nSPS) is 12.3. The van der Waals surface area contributed by atoms with Gasteiger partial charge in [0.15, 0.2) is 6.23 Å². The van der Waals surface area contributed by atoms with Gasteiger partial charge >= 0.3 is 0 Å². The van der Waals surface area contributed by atoms with Gasteiger partial charge in [0.1, 0.15) is 10.8 Å². The van der Waals surface area contributed by atoms with Crippen molar-refractivity contribution >= 4 is 22.9 Å². The van der Waals surface area contributed by atoms with E-state index in [0.717, 1.165) is 52.1 Å². The molecule has 0 spiro atoms. The third-order valence-electron chi connectivity index (χ3n) is 5.35. The molecule has 3 nitrogen and oxygen atoms in total. The summed E-state index contributed by atoms with van der Waals surface area (Å²) in [5, 5.41) is 3.84. The van der Waals surface area contributed by atoms with Crippen LogP contribution in [0.5, 0.6) is 5.75 Å². The fourth-order valence-electron chi connectivity index (χ4n) is 3.56. The molecule has 0 N–H and O–H groups in total. The highest BCUT2D eigenvalue weighted by atomic mass is 35.5. The summed E-state index contributed by atoms with van der Waals surface area (Å²) in [5.74, 6) is 0.906. The number of benzene rings is 2. The zero-order chi connectivity index (χ0) is 22.1. The lowest BCUT2D eigenvalue weighted by molar-refractivity contribution is 0.0202. The minimum atomic E-state index is 0.105. The van der Waals surface area contributed by atoms with Gasteiger partial charge in [-0.15, -0.1) is 11.3 Å². The average molecular weight is 457 g/mol. The van der Waals surface area contributed by atoms with Crippen molar-refractivity contribution in [1.29, 1.82) is 0 Å². The molecule has 0 aliphatic heterocycles. The number of hydrogen-bond donors (Lipinski definition) is 0. The summed E-state index contributed by atoms with van der Waals surface area (Å²) in [6.45, 7) is 8.87. The van der Waals surface area contributed by atoms with Crippen LogP contribution in [-0.4, -0.2) is 29.2 Å². The van der Waals surface area contributed by atoms with Gasteiger partial charge in [-0.3, -0.25) is 4.90 Å². The van der Waals surface area contributed by atoms with Gasteiger partial charge in [-0.1, -0.05) is 69.5 Å². The fourth-order valence-corrected chi connectivity index (χ4v) is 4.52. The van der Waals surface area contributed by atoms with E-state index < -0.39 is 0 Å². The highest BCUT2D eigenvalue weighted by Crippen LogP contribution is 2.31. The van der Waals surface area contributed by atoms with Crippen LogP contribution >= 0.6 is 22.9 Å². The fraction of sp³-hybridized carbons (Fsp3) is 0.423. The van der Waals surface area contributed by atoms with Crippen LogP contribution in [0, 0.1) is 0 Å². The van der Waals surface area contributed by atoms with Gasteiger partial charge in [-0.25, -0.2) is 4.98 Å². The maximum atomic E-state index is 6.47. The van der Waals surface area contributed by atoms with Gasteiger partial charge in [-0.2, -0.15) is 0 Å². The smallest absolute Gasteiger partial charge is 0.152 e. The number of nitrogens with zero attached hydrogens (tertiary/aromatic N) is 2. The quantitative estimate of drug-likeness (QED) is 0.257. The standard InChI is InChI=1S/C26H33ClN2OS/c1-4-7-16-29(17-8-5-2)25(6-3)30-23-11-9-10-21(18-23)24-19-31-26(28-24)20-12-14-22(27)15-13-20/h9-15,18-19,25H,4-8,16-17H2,1-3H3. The van der Waals surface area contributed by atoms with E-state index in [-0.39, 0.29) is 6.23 Å². The van der Waals surface area contributed by atoms with Crippen molar-refractivity contribution in [1.82, 2.24) is 9.88 Å².